The highest BCUT2D eigenvalue weighted by molar-refractivity contribution is 6.11. The van der Waals surface area contributed by atoms with Gasteiger partial charge in [0.25, 0.3) is 0 Å². The lowest BCUT2D eigenvalue weighted by Crippen LogP contribution is -2.00. The first-order valence-corrected chi connectivity index (χ1v) is 15.7. The van der Waals surface area contributed by atoms with Gasteiger partial charge in [-0.1, -0.05) is 91.0 Å². The molecule has 3 heterocycles. The van der Waals surface area contributed by atoms with E-state index in [1.807, 2.05) is 54.6 Å². The van der Waals surface area contributed by atoms with E-state index in [0.717, 1.165) is 66.2 Å². The second kappa shape index (κ2) is 9.80. The predicted octanol–water partition coefficient (Wildman–Crippen LogP) is 11.3. The first kappa shape index (κ1) is 25.9. The zero-order valence-corrected chi connectivity index (χ0v) is 25.1. The Kier molecular flexibility index (Phi) is 5.40. The van der Waals surface area contributed by atoms with Crippen LogP contribution < -0.4 is 5.63 Å². The van der Waals surface area contributed by atoms with Crippen molar-refractivity contribution < 1.29 is 8.83 Å². The first-order chi connectivity index (χ1) is 23.2. The Balaban J connectivity index is 1.10. The Morgan fingerprint density at radius 2 is 0.936 bits per heavy atom. The van der Waals surface area contributed by atoms with Crippen molar-refractivity contribution in [2.45, 2.75) is 0 Å². The Labute approximate surface area is 268 Å². The van der Waals surface area contributed by atoms with Gasteiger partial charge in [0.15, 0.2) is 0 Å². The van der Waals surface area contributed by atoms with Gasteiger partial charge in [0.05, 0.1) is 16.4 Å². The quantitative estimate of drug-likeness (QED) is 0.149. The molecule has 0 fully saturated rings. The van der Waals surface area contributed by atoms with Crippen molar-refractivity contribution in [3.63, 3.8) is 0 Å². The SMILES string of the molecule is O=c1oc2cc(-c3ccc4c5ccccc5n(-c5ccccc5)c4c3)ccc2c2ccc(-c3ccc4oc5ccccc5c4c3)cc12. The zero-order valence-electron chi connectivity index (χ0n) is 25.1. The number of fused-ring (bicyclic) bond motifs is 9. The summed E-state index contributed by atoms with van der Waals surface area (Å²) in [6.45, 7) is 0. The molecule has 0 saturated heterocycles. The molecule has 3 aromatic heterocycles. The highest BCUT2D eigenvalue weighted by Gasteiger charge is 2.15. The molecule has 0 bridgehead atoms. The Morgan fingerprint density at radius 1 is 0.362 bits per heavy atom. The number of furan rings is 1. The van der Waals surface area contributed by atoms with E-state index in [-0.39, 0.29) is 5.63 Å². The molecule has 47 heavy (non-hydrogen) atoms. The fourth-order valence-corrected chi connectivity index (χ4v) is 7.20. The van der Waals surface area contributed by atoms with Crippen molar-refractivity contribution >= 4 is 65.5 Å². The molecule has 7 aromatic carbocycles. The van der Waals surface area contributed by atoms with E-state index in [4.69, 9.17) is 8.83 Å². The van der Waals surface area contributed by atoms with Gasteiger partial charge in [0.2, 0.25) is 0 Å². The summed E-state index contributed by atoms with van der Waals surface area (Å²) >= 11 is 0. The van der Waals surface area contributed by atoms with Gasteiger partial charge in [-0.05, 0) is 88.3 Å². The average Bonchev–Trinajstić information content (AvgIpc) is 3.66. The maximum absolute atomic E-state index is 13.5. The molecule has 0 amide bonds. The number of aromatic nitrogens is 1. The van der Waals surface area contributed by atoms with Gasteiger partial charge in [0.1, 0.15) is 16.7 Å². The topological polar surface area (TPSA) is 48.3 Å². The van der Waals surface area contributed by atoms with Gasteiger partial charge in [-0.25, -0.2) is 4.79 Å². The number of rotatable bonds is 3. The maximum Gasteiger partial charge on any atom is 0.344 e. The molecular weight excluding hydrogens is 578 g/mol. The zero-order chi connectivity index (χ0) is 31.1. The molecule has 0 saturated carbocycles. The first-order valence-electron chi connectivity index (χ1n) is 15.7. The Morgan fingerprint density at radius 3 is 1.79 bits per heavy atom. The minimum absolute atomic E-state index is 0.346. The summed E-state index contributed by atoms with van der Waals surface area (Å²) in [5.74, 6) is 0. The summed E-state index contributed by atoms with van der Waals surface area (Å²) in [5, 5.41) is 6.89. The summed E-state index contributed by atoms with van der Waals surface area (Å²) in [6.07, 6.45) is 0. The van der Waals surface area contributed by atoms with Crippen molar-refractivity contribution in [1.29, 1.82) is 0 Å². The van der Waals surface area contributed by atoms with E-state index in [1.54, 1.807) is 0 Å². The fraction of sp³-hybridized carbons (Fsp3) is 0. The minimum atomic E-state index is -0.346. The summed E-state index contributed by atoms with van der Waals surface area (Å²) < 4.78 is 14.3. The van der Waals surface area contributed by atoms with Crippen molar-refractivity contribution in [3.05, 3.63) is 162 Å². The van der Waals surface area contributed by atoms with Gasteiger partial charge in [-0.3, -0.25) is 0 Å². The lowest BCUT2D eigenvalue weighted by atomic mass is 9.97. The lowest BCUT2D eigenvalue weighted by molar-refractivity contribution is 0.570. The largest absolute Gasteiger partial charge is 0.456 e. The molecule has 0 spiro atoms. The number of hydrogen-bond acceptors (Lipinski definition) is 3. The second-order valence-corrected chi connectivity index (χ2v) is 12.1. The van der Waals surface area contributed by atoms with Crippen LogP contribution in [0, 0.1) is 0 Å². The van der Waals surface area contributed by atoms with E-state index in [2.05, 4.69) is 102 Å². The van der Waals surface area contributed by atoms with Gasteiger partial charge in [-0.15, -0.1) is 0 Å². The predicted molar refractivity (Wildman–Crippen MR) is 192 cm³/mol. The molecule has 4 heteroatoms. The van der Waals surface area contributed by atoms with Crippen LogP contribution in [0.3, 0.4) is 0 Å². The van der Waals surface area contributed by atoms with Gasteiger partial charge in [0, 0.05) is 32.6 Å². The maximum atomic E-state index is 13.5. The number of para-hydroxylation sites is 3. The van der Waals surface area contributed by atoms with Crippen molar-refractivity contribution in [2.24, 2.45) is 0 Å². The van der Waals surface area contributed by atoms with E-state index >= 15 is 0 Å². The molecule has 0 N–H and O–H groups in total. The molecule has 220 valence electrons. The molecule has 0 aliphatic rings. The second-order valence-electron chi connectivity index (χ2n) is 12.1. The van der Waals surface area contributed by atoms with Gasteiger partial charge < -0.3 is 13.4 Å². The molecule has 0 aliphatic carbocycles. The molecule has 10 rings (SSSR count). The molecule has 0 aliphatic heterocycles. The van der Waals surface area contributed by atoms with Crippen LogP contribution in [0.2, 0.25) is 0 Å². The number of hydrogen-bond donors (Lipinski definition) is 0. The van der Waals surface area contributed by atoms with Crippen molar-refractivity contribution in [1.82, 2.24) is 4.57 Å². The van der Waals surface area contributed by atoms with E-state index in [0.29, 0.717) is 11.0 Å². The third kappa shape index (κ3) is 3.92. The molecular formula is C43H25NO3. The Bertz CT molecular complexity index is 2930. The van der Waals surface area contributed by atoms with Gasteiger partial charge >= 0.3 is 5.63 Å². The van der Waals surface area contributed by atoms with Crippen LogP contribution in [-0.2, 0) is 0 Å². The number of benzene rings is 7. The van der Waals surface area contributed by atoms with Gasteiger partial charge in [-0.2, -0.15) is 0 Å². The van der Waals surface area contributed by atoms with Crippen LogP contribution in [0.5, 0.6) is 0 Å². The fourth-order valence-electron chi connectivity index (χ4n) is 7.20. The average molecular weight is 604 g/mol. The number of nitrogens with zero attached hydrogens (tertiary/aromatic N) is 1. The normalized spacial score (nSPS) is 11.9. The lowest BCUT2D eigenvalue weighted by Gasteiger charge is -2.10. The smallest absolute Gasteiger partial charge is 0.344 e. The van der Waals surface area contributed by atoms with Crippen LogP contribution in [0.15, 0.2) is 165 Å². The molecule has 4 nitrogen and oxygen atoms in total. The van der Waals surface area contributed by atoms with Crippen molar-refractivity contribution in [3.8, 4) is 27.9 Å². The van der Waals surface area contributed by atoms with Crippen LogP contribution in [0.1, 0.15) is 0 Å². The summed E-state index contributed by atoms with van der Waals surface area (Å²) in [5.41, 5.74) is 9.36. The summed E-state index contributed by atoms with van der Waals surface area (Å²) in [4.78, 5) is 13.5. The summed E-state index contributed by atoms with van der Waals surface area (Å²) in [7, 11) is 0. The third-order valence-electron chi connectivity index (χ3n) is 9.45. The Hall–Kier alpha value is -6.39. The molecule has 10 aromatic rings. The minimum Gasteiger partial charge on any atom is -0.456 e. The highest BCUT2D eigenvalue weighted by Crippen LogP contribution is 2.37. The monoisotopic (exact) mass is 603 g/mol. The van der Waals surface area contributed by atoms with Crippen LogP contribution >= 0.6 is 0 Å². The summed E-state index contributed by atoms with van der Waals surface area (Å²) in [6, 6.07) is 52.0. The third-order valence-corrected chi connectivity index (χ3v) is 9.45. The standard InChI is InChI=1S/C43H25NO3/c45-43-37-23-26(27-17-21-41-36(22-27)34-11-5-7-13-40(34)46-41)14-18-31(37)35-20-16-29(25-42(35)47-43)28-15-19-33-32-10-4-6-12-38(32)44(39(33)24-28)30-8-2-1-3-9-30/h1-25H. The van der Waals surface area contributed by atoms with E-state index < -0.39 is 0 Å². The molecule has 0 atom stereocenters. The van der Waals surface area contributed by atoms with E-state index in [1.165, 1.54) is 16.3 Å². The molecule has 0 radical (unpaired) electrons. The highest BCUT2D eigenvalue weighted by atomic mass is 16.4. The van der Waals surface area contributed by atoms with Crippen LogP contribution in [0.4, 0.5) is 0 Å². The molecule has 0 unspecified atom stereocenters. The van der Waals surface area contributed by atoms with Crippen molar-refractivity contribution in [2.75, 3.05) is 0 Å². The van der Waals surface area contributed by atoms with E-state index in [9.17, 15) is 4.79 Å². The van der Waals surface area contributed by atoms with Crippen LogP contribution in [0.25, 0.3) is 93.4 Å². The van der Waals surface area contributed by atoms with Crippen LogP contribution in [-0.4, -0.2) is 4.57 Å².